The van der Waals surface area contributed by atoms with Crippen molar-refractivity contribution in [3.8, 4) is 5.88 Å². The van der Waals surface area contributed by atoms with Crippen molar-refractivity contribution in [1.29, 1.82) is 0 Å². The molecule has 2 amide bonds. The minimum atomic E-state index is -0.202. The van der Waals surface area contributed by atoms with E-state index in [0.717, 1.165) is 31.2 Å². The van der Waals surface area contributed by atoms with E-state index in [9.17, 15) is 4.79 Å². The molecule has 2 N–H and O–H groups in total. The summed E-state index contributed by atoms with van der Waals surface area (Å²) in [6.45, 7) is 2.00. The van der Waals surface area contributed by atoms with Gasteiger partial charge in [0.15, 0.2) is 0 Å². The predicted molar refractivity (Wildman–Crippen MR) is 99.3 cm³/mol. The van der Waals surface area contributed by atoms with Gasteiger partial charge in [-0.15, -0.1) is 0 Å². The molecule has 1 aromatic carbocycles. The standard InChI is InChI=1S/C19H22ClN3O2/c1-13-5-10-18(21-12-13)25-17-8-6-15(7-9-17)22-19(24)23-16-4-2-3-14(20)11-16/h2-5,10-12,15,17H,6-9H2,1H3,(H2,22,23,24). The van der Waals surface area contributed by atoms with Crippen LogP contribution < -0.4 is 15.4 Å². The number of anilines is 1. The van der Waals surface area contributed by atoms with Crippen LogP contribution >= 0.6 is 11.6 Å². The number of hydrogen-bond donors (Lipinski definition) is 2. The summed E-state index contributed by atoms with van der Waals surface area (Å²) in [5, 5.41) is 6.42. The Labute approximate surface area is 152 Å². The van der Waals surface area contributed by atoms with Crippen molar-refractivity contribution in [1.82, 2.24) is 10.3 Å². The number of aromatic nitrogens is 1. The average Bonchev–Trinajstić information content (AvgIpc) is 2.59. The zero-order valence-electron chi connectivity index (χ0n) is 14.2. The van der Waals surface area contributed by atoms with Crippen molar-refractivity contribution < 1.29 is 9.53 Å². The molecule has 0 radical (unpaired) electrons. The molecule has 1 fully saturated rings. The van der Waals surface area contributed by atoms with E-state index in [-0.39, 0.29) is 18.2 Å². The molecule has 3 rings (SSSR count). The van der Waals surface area contributed by atoms with Crippen molar-refractivity contribution in [2.24, 2.45) is 0 Å². The third-order valence-corrected chi connectivity index (χ3v) is 4.50. The number of halogens is 1. The van der Waals surface area contributed by atoms with Crippen molar-refractivity contribution in [3.05, 3.63) is 53.2 Å². The Morgan fingerprint density at radius 3 is 2.68 bits per heavy atom. The predicted octanol–water partition coefficient (Wildman–Crippen LogP) is 4.56. The molecule has 6 heteroatoms. The Morgan fingerprint density at radius 2 is 2.00 bits per heavy atom. The number of ether oxygens (including phenoxy) is 1. The summed E-state index contributed by atoms with van der Waals surface area (Å²) in [6, 6.07) is 11.0. The Kier molecular flexibility index (Phi) is 5.76. The van der Waals surface area contributed by atoms with Gasteiger partial charge in [-0.1, -0.05) is 23.7 Å². The van der Waals surface area contributed by atoms with Crippen LogP contribution in [0.5, 0.6) is 5.88 Å². The molecule has 0 aliphatic heterocycles. The lowest BCUT2D eigenvalue weighted by molar-refractivity contribution is 0.135. The van der Waals surface area contributed by atoms with Crippen molar-refractivity contribution in [2.75, 3.05) is 5.32 Å². The summed E-state index contributed by atoms with van der Waals surface area (Å²) >= 11 is 5.92. The van der Waals surface area contributed by atoms with Gasteiger partial charge in [-0.05, 0) is 56.4 Å². The van der Waals surface area contributed by atoms with Crippen LogP contribution in [0.3, 0.4) is 0 Å². The molecule has 0 spiro atoms. The fourth-order valence-electron chi connectivity index (χ4n) is 2.94. The molecule has 25 heavy (non-hydrogen) atoms. The zero-order chi connectivity index (χ0) is 17.6. The third-order valence-electron chi connectivity index (χ3n) is 4.26. The van der Waals surface area contributed by atoms with E-state index < -0.39 is 0 Å². The Balaban J connectivity index is 1.42. The molecule has 1 aliphatic carbocycles. The van der Waals surface area contributed by atoms with Crippen LogP contribution in [-0.4, -0.2) is 23.2 Å². The second-order valence-electron chi connectivity index (χ2n) is 6.37. The number of rotatable bonds is 4. The molecule has 132 valence electrons. The lowest BCUT2D eigenvalue weighted by atomic mass is 9.93. The van der Waals surface area contributed by atoms with Gasteiger partial charge >= 0.3 is 6.03 Å². The maximum absolute atomic E-state index is 12.1. The molecular formula is C19H22ClN3O2. The number of amides is 2. The van der Waals surface area contributed by atoms with Gasteiger partial charge in [-0.2, -0.15) is 0 Å². The first-order valence-electron chi connectivity index (χ1n) is 8.51. The Hall–Kier alpha value is -2.27. The molecule has 1 saturated carbocycles. The molecule has 0 unspecified atom stereocenters. The summed E-state index contributed by atoms with van der Waals surface area (Å²) in [5.74, 6) is 0.667. The smallest absolute Gasteiger partial charge is 0.319 e. The second-order valence-corrected chi connectivity index (χ2v) is 6.81. The maximum atomic E-state index is 12.1. The first-order valence-corrected chi connectivity index (χ1v) is 8.89. The molecule has 5 nitrogen and oxygen atoms in total. The number of carbonyl (C=O) groups is 1. The fraction of sp³-hybridized carbons (Fsp3) is 0.368. The van der Waals surface area contributed by atoms with Crippen LogP contribution in [0, 0.1) is 6.92 Å². The zero-order valence-corrected chi connectivity index (χ0v) is 14.9. The van der Waals surface area contributed by atoms with Gasteiger partial charge in [-0.3, -0.25) is 0 Å². The largest absolute Gasteiger partial charge is 0.474 e. The van der Waals surface area contributed by atoms with Gasteiger partial charge in [0.05, 0.1) is 0 Å². The number of nitrogens with one attached hydrogen (secondary N) is 2. The normalized spacial score (nSPS) is 19.9. The molecule has 1 heterocycles. The topological polar surface area (TPSA) is 63.2 Å². The molecule has 0 bridgehead atoms. The SMILES string of the molecule is Cc1ccc(OC2CCC(NC(=O)Nc3cccc(Cl)c3)CC2)nc1. The molecule has 1 aromatic heterocycles. The number of carbonyl (C=O) groups excluding carboxylic acids is 1. The van der Waals surface area contributed by atoms with E-state index in [1.54, 1.807) is 18.2 Å². The van der Waals surface area contributed by atoms with Crippen LogP contribution in [0.25, 0.3) is 0 Å². The van der Waals surface area contributed by atoms with Gasteiger partial charge in [0, 0.05) is 29.0 Å². The van der Waals surface area contributed by atoms with Gasteiger partial charge in [-0.25, -0.2) is 9.78 Å². The van der Waals surface area contributed by atoms with Crippen molar-refractivity contribution in [2.45, 2.75) is 44.8 Å². The Morgan fingerprint density at radius 1 is 1.20 bits per heavy atom. The van der Waals surface area contributed by atoms with Gasteiger partial charge in [0.2, 0.25) is 5.88 Å². The lowest BCUT2D eigenvalue weighted by Crippen LogP contribution is -2.41. The van der Waals surface area contributed by atoms with E-state index in [1.165, 1.54) is 0 Å². The Bertz CT molecular complexity index is 713. The minimum Gasteiger partial charge on any atom is -0.474 e. The van der Waals surface area contributed by atoms with Gasteiger partial charge in [0.1, 0.15) is 6.10 Å². The van der Waals surface area contributed by atoms with Crippen molar-refractivity contribution >= 4 is 23.3 Å². The van der Waals surface area contributed by atoms with Crippen LogP contribution in [0.1, 0.15) is 31.2 Å². The van der Waals surface area contributed by atoms with Gasteiger partial charge < -0.3 is 15.4 Å². The number of urea groups is 1. The number of nitrogens with zero attached hydrogens (tertiary/aromatic N) is 1. The van der Waals surface area contributed by atoms with Gasteiger partial charge in [0.25, 0.3) is 0 Å². The van der Waals surface area contributed by atoms with E-state index in [0.29, 0.717) is 16.6 Å². The van der Waals surface area contributed by atoms with Crippen molar-refractivity contribution in [3.63, 3.8) is 0 Å². The summed E-state index contributed by atoms with van der Waals surface area (Å²) in [4.78, 5) is 16.4. The van der Waals surface area contributed by atoms with E-state index in [2.05, 4.69) is 15.6 Å². The fourth-order valence-corrected chi connectivity index (χ4v) is 3.13. The third kappa shape index (κ3) is 5.36. The summed E-state index contributed by atoms with van der Waals surface area (Å²) in [5.41, 5.74) is 1.80. The highest BCUT2D eigenvalue weighted by molar-refractivity contribution is 6.30. The van der Waals surface area contributed by atoms with Crippen LogP contribution in [0.15, 0.2) is 42.6 Å². The molecule has 0 atom stereocenters. The number of pyridine rings is 1. The molecule has 1 aliphatic rings. The minimum absolute atomic E-state index is 0.157. The number of aryl methyl sites for hydroxylation is 1. The molecular weight excluding hydrogens is 338 g/mol. The van der Waals surface area contributed by atoms with E-state index in [1.807, 2.05) is 31.3 Å². The second kappa shape index (κ2) is 8.21. The average molecular weight is 360 g/mol. The highest BCUT2D eigenvalue weighted by atomic mass is 35.5. The van der Waals surface area contributed by atoms with Crippen LogP contribution in [0.4, 0.5) is 10.5 Å². The van der Waals surface area contributed by atoms with Crippen LogP contribution in [-0.2, 0) is 0 Å². The highest BCUT2D eigenvalue weighted by Crippen LogP contribution is 2.23. The quantitative estimate of drug-likeness (QED) is 0.841. The summed E-state index contributed by atoms with van der Waals surface area (Å²) in [6.07, 6.45) is 5.54. The maximum Gasteiger partial charge on any atom is 0.319 e. The first kappa shape index (κ1) is 17.5. The van der Waals surface area contributed by atoms with Crippen LogP contribution in [0.2, 0.25) is 5.02 Å². The summed E-state index contributed by atoms with van der Waals surface area (Å²) < 4.78 is 5.92. The molecule has 0 saturated heterocycles. The van der Waals surface area contributed by atoms with E-state index in [4.69, 9.17) is 16.3 Å². The van der Waals surface area contributed by atoms with E-state index >= 15 is 0 Å². The highest BCUT2D eigenvalue weighted by Gasteiger charge is 2.23. The summed E-state index contributed by atoms with van der Waals surface area (Å²) in [7, 11) is 0. The lowest BCUT2D eigenvalue weighted by Gasteiger charge is -2.29. The monoisotopic (exact) mass is 359 g/mol. The number of hydrogen-bond acceptors (Lipinski definition) is 3. The first-order chi connectivity index (χ1) is 12.1. The number of benzene rings is 1. The molecule has 2 aromatic rings.